The Morgan fingerprint density at radius 2 is 1.56 bits per heavy atom. The third-order valence-corrected chi connectivity index (χ3v) is 3.67. The summed E-state index contributed by atoms with van der Waals surface area (Å²) in [6.07, 6.45) is 2.96. The van der Waals surface area contributed by atoms with Gasteiger partial charge in [-0.2, -0.15) is 0 Å². The number of phenolic OH excluding ortho intramolecular Hbond substituents is 1. The average molecular weight is 341 g/mol. The fraction of sp³-hybridized carbons (Fsp3) is 0.263. The van der Waals surface area contributed by atoms with Gasteiger partial charge >= 0.3 is 0 Å². The van der Waals surface area contributed by atoms with Crippen LogP contribution in [0.2, 0.25) is 0 Å². The van der Waals surface area contributed by atoms with Crippen LogP contribution < -0.4 is 16.4 Å². The summed E-state index contributed by atoms with van der Waals surface area (Å²) < 4.78 is 0. The number of anilines is 3. The number of nitrogens with one attached hydrogen (secondary N) is 2. The van der Waals surface area contributed by atoms with Crippen LogP contribution in [0.4, 0.5) is 17.1 Å². The van der Waals surface area contributed by atoms with Gasteiger partial charge in [0, 0.05) is 24.6 Å². The Bertz CT molecular complexity index is 731. The molecule has 132 valence electrons. The number of carbonyl (C=O) groups excluding carboxylic acids is 2. The zero-order valence-electron chi connectivity index (χ0n) is 14.0. The van der Waals surface area contributed by atoms with E-state index in [1.165, 1.54) is 6.07 Å². The van der Waals surface area contributed by atoms with Gasteiger partial charge < -0.3 is 21.5 Å². The van der Waals surface area contributed by atoms with E-state index in [2.05, 4.69) is 10.6 Å². The molecule has 0 radical (unpaired) electrons. The summed E-state index contributed by atoms with van der Waals surface area (Å²) in [4.78, 5) is 23.7. The number of nitrogen functional groups attached to an aromatic ring is 1. The molecule has 25 heavy (non-hydrogen) atoms. The summed E-state index contributed by atoms with van der Waals surface area (Å²) >= 11 is 0. The van der Waals surface area contributed by atoms with Gasteiger partial charge in [0.1, 0.15) is 5.75 Å². The maximum Gasteiger partial charge on any atom is 0.224 e. The molecule has 0 fully saturated rings. The van der Waals surface area contributed by atoms with Crippen molar-refractivity contribution in [3.8, 4) is 5.75 Å². The van der Waals surface area contributed by atoms with Crippen molar-refractivity contribution in [3.05, 3.63) is 48.5 Å². The van der Waals surface area contributed by atoms with Crippen molar-refractivity contribution in [2.45, 2.75) is 32.1 Å². The highest BCUT2D eigenvalue weighted by atomic mass is 16.3. The molecule has 0 saturated carbocycles. The first-order chi connectivity index (χ1) is 12.0. The molecule has 0 bridgehead atoms. The first kappa shape index (κ1) is 18.3. The molecular formula is C19H23N3O3. The third-order valence-electron chi connectivity index (χ3n) is 3.67. The highest BCUT2D eigenvalue weighted by Gasteiger charge is 2.06. The highest BCUT2D eigenvalue weighted by Crippen LogP contribution is 2.18. The molecule has 0 heterocycles. The number of hydrogen-bond donors (Lipinski definition) is 4. The zero-order valence-corrected chi connectivity index (χ0v) is 14.0. The van der Waals surface area contributed by atoms with E-state index in [0.717, 1.165) is 6.42 Å². The summed E-state index contributed by atoms with van der Waals surface area (Å²) in [5, 5.41) is 14.9. The Morgan fingerprint density at radius 1 is 0.880 bits per heavy atom. The summed E-state index contributed by atoms with van der Waals surface area (Å²) in [6.45, 7) is 0. The molecule has 0 unspecified atom stereocenters. The molecular weight excluding hydrogens is 318 g/mol. The Hall–Kier alpha value is -3.02. The normalized spacial score (nSPS) is 10.2. The molecule has 0 saturated heterocycles. The smallest absolute Gasteiger partial charge is 0.224 e. The molecule has 0 aliphatic heterocycles. The molecule has 0 aromatic heterocycles. The van der Waals surface area contributed by atoms with Gasteiger partial charge in [-0.1, -0.05) is 24.6 Å². The van der Waals surface area contributed by atoms with Crippen LogP contribution >= 0.6 is 0 Å². The number of aromatic hydroxyl groups is 1. The van der Waals surface area contributed by atoms with E-state index in [9.17, 15) is 14.7 Å². The lowest BCUT2D eigenvalue weighted by Crippen LogP contribution is -2.13. The Morgan fingerprint density at radius 3 is 2.24 bits per heavy atom. The number of rotatable bonds is 8. The van der Waals surface area contributed by atoms with Gasteiger partial charge in [0.25, 0.3) is 0 Å². The summed E-state index contributed by atoms with van der Waals surface area (Å²) in [5.41, 5.74) is 7.51. The Balaban J connectivity index is 1.60. The topological polar surface area (TPSA) is 104 Å². The molecule has 2 aromatic rings. The average Bonchev–Trinajstić information content (AvgIpc) is 2.56. The predicted octanol–water partition coefficient (Wildman–Crippen LogP) is 3.50. The number of nitrogens with two attached hydrogens (primary N) is 1. The van der Waals surface area contributed by atoms with E-state index in [1.54, 1.807) is 30.3 Å². The second-order valence-electron chi connectivity index (χ2n) is 5.79. The van der Waals surface area contributed by atoms with Gasteiger partial charge in [-0.15, -0.1) is 0 Å². The monoisotopic (exact) mass is 341 g/mol. The van der Waals surface area contributed by atoms with E-state index in [0.29, 0.717) is 42.7 Å². The summed E-state index contributed by atoms with van der Waals surface area (Å²) in [6, 6.07) is 13.6. The molecule has 0 spiro atoms. The molecule has 2 rings (SSSR count). The van der Waals surface area contributed by atoms with Crippen molar-refractivity contribution < 1.29 is 14.7 Å². The van der Waals surface area contributed by atoms with Crippen LogP contribution in [0.1, 0.15) is 32.1 Å². The zero-order chi connectivity index (χ0) is 18.1. The van der Waals surface area contributed by atoms with Gasteiger partial charge in [0.2, 0.25) is 11.8 Å². The van der Waals surface area contributed by atoms with E-state index < -0.39 is 0 Å². The molecule has 6 heteroatoms. The molecule has 0 aliphatic carbocycles. The predicted molar refractivity (Wildman–Crippen MR) is 99.3 cm³/mol. The molecule has 6 nitrogen and oxygen atoms in total. The van der Waals surface area contributed by atoms with Gasteiger partial charge in [-0.25, -0.2) is 0 Å². The second-order valence-corrected chi connectivity index (χ2v) is 5.79. The van der Waals surface area contributed by atoms with Gasteiger partial charge in [0.15, 0.2) is 0 Å². The number of phenols is 1. The molecule has 0 aliphatic rings. The van der Waals surface area contributed by atoms with Gasteiger partial charge in [-0.3, -0.25) is 9.59 Å². The number of amides is 2. The summed E-state index contributed by atoms with van der Waals surface area (Å²) in [7, 11) is 0. The third kappa shape index (κ3) is 6.55. The van der Waals surface area contributed by atoms with E-state index in [4.69, 9.17) is 5.73 Å². The Labute approximate surface area is 147 Å². The van der Waals surface area contributed by atoms with Crippen molar-refractivity contribution in [3.63, 3.8) is 0 Å². The van der Waals surface area contributed by atoms with Crippen molar-refractivity contribution in [2.24, 2.45) is 0 Å². The number of carbonyl (C=O) groups is 2. The number of hydrogen-bond acceptors (Lipinski definition) is 4. The maximum absolute atomic E-state index is 11.9. The fourth-order valence-electron chi connectivity index (χ4n) is 2.38. The lowest BCUT2D eigenvalue weighted by molar-refractivity contribution is -0.116. The van der Waals surface area contributed by atoms with Crippen LogP contribution in [-0.4, -0.2) is 16.9 Å². The van der Waals surface area contributed by atoms with Gasteiger partial charge in [0.05, 0.1) is 11.4 Å². The van der Waals surface area contributed by atoms with E-state index >= 15 is 0 Å². The van der Waals surface area contributed by atoms with Crippen molar-refractivity contribution >= 4 is 28.9 Å². The largest absolute Gasteiger partial charge is 0.508 e. The van der Waals surface area contributed by atoms with Crippen molar-refractivity contribution in [1.29, 1.82) is 0 Å². The SMILES string of the molecule is Nc1ccccc1NC(=O)CCCCCC(=O)Nc1cccc(O)c1. The number of benzene rings is 2. The van der Waals surface area contributed by atoms with Crippen molar-refractivity contribution in [2.75, 3.05) is 16.4 Å². The molecule has 2 aromatic carbocycles. The minimum absolute atomic E-state index is 0.0814. The van der Waals surface area contributed by atoms with Crippen LogP contribution in [0.15, 0.2) is 48.5 Å². The highest BCUT2D eigenvalue weighted by molar-refractivity contribution is 5.93. The Kier molecular flexibility index (Phi) is 6.83. The van der Waals surface area contributed by atoms with Crippen molar-refractivity contribution in [1.82, 2.24) is 0 Å². The number of para-hydroxylation sites is 2. The molecule has 5 N–H and O–H groups in total. The first-order valence-corrected chi connectivity index (χ1v) is 8.28. The van der Waals surface area contributed by atoms with Crippen LogP contribution in [0, 0.1) is 0 Å². The minimum atomic E-state index is -0.105. The summed E-state index contributed by atoms with van der Waals surface area (Å²) in [5.74, 6) is -0.0721. The maximum atomic E-state index is 11.9. The van der Waals surface area contributed by atoms with Crippen LogP contribution in [-0.2, 0) is 9.59 Å². The molecule has 0 atom stereocenters. The van der Waals surface area contributed by atoms with Crippen LogP contribution in [0.3, 0.4) is 0 Å². The minimum Gasteiger partial charge on any atom is -0.508 e. The fourth-order valence-corrected chi connectivity index (χ4v) is 2.38. The van der Waals surface area contributed by atoms with Gasteiger partial charge in [-0.05, 0) is 37.1 Å². The second kappa shape index (κ2) is 9.32. The lowest BCUT2D eigenvalue weighted by atomic mass is 10.1. The van der Waals surface area contributed by atoms with Crippen LogP contribution in [0.25, 0.3) is 0 Å². The molecule has 2 amide bonds. The number of unbranched alkanes of at least 4 members (excludes halogenated alkanes) is 2. The standard InChI is InChI=1S/C19H23N3O3/c20-16-9-4-5-10-17(16)22-19(25)12-3-1-2-11-18(24)21-14-7-6-8-15(23)13-14/h4-10,13,23H,1-3,11-12,20H2,(H,21,24)(H,22,25). The first-order valence-electron chi connectivity index (χ1n) is 8.28. The van der Waals surface area contributed by atoms with Crippen LogP contribution in [0.5, 0.6) is 5.75 Å². The quantitative estimate of drug-likeness (QED) is 0.435. The van der Waals surface area contributed by atoms with E-state index in [1.807, 2.05) is 12.1 Å². The lowest BCUT2D eigenvalue weighted by Gasteiger charge is -2.08. The van der Waals surface area contributed by atoms with E-state index in [-0.39, 0.29) is 17.6 Å².